The normalized spacial score (nSPS) is 17.3. The van der Waals surface area contributed by atoms with Gasteiger partial charge in [0, 0.05) is 25.3 Å². The average molecular weight is 248 g/mol. The summed E-state index contributed by atoms with van der Waals surface area (Å²) in [5.74, 6) is 0.541. The van der Waals surface area contributed by atoms with Gasteiger partial charge in [-0.3, -0.25) is 9.88 Å². The van der Waals surface area contributed by atoms with Gasteiger partial charge < -0.3 is 4.74 Å². The molecule has 0 atom stereocenters. The SMILES string of the molecule is CCc1ccc(C(C)C)c(CN2CCOCC2)n1. The van der Waals surface area contributed by atoms with Gasteiger partial charge in [0.25, 0.3) is 0 Å². The molecule has 1 fully saturated rings. The smallest absolute Gasteiger partial charge is 0.0594 e. The summed E-state index contributed by atoms with van der Waals surface area (Å²) in [4.78, 5) is 7.27. The molecule has 0 aromatic carbocycles. The molecule has 3 nitrogen and oxygen atoms in total. The third-order valence-corrected chi connectivity index (χ3v) is 3.53. The first kappa shape index (κ1) is 13.5. The summed E-state index contributed by atoms with van der Waals surface area (Å²) in [7, 11) is 0. The monoisotopic (exact) mass is 248 g/mol. The van der Waals surface area contributed by atoms with Gasteiger partial charge in [0.2, 0.25) is 0 Å². The first-order chi connectivity index (χ1) is 8.70. The van der Waals surface area contributed by atoms with Gasteiger partial charge in [-0.1, -0.05) is 26.8 Å². The Morgan fingerprint density at radius 2 is 2.00 bits per heavy atom. The van der Waals surface area contributed by atoms with E-state index in [2.05, 4.69) is 37.8 Å². The topological polar surface area (TPSA) is 25.4 Å². The zero-order valence-corrected chi connectivity index (χ0v) is 11.8. The maximum absolute atomic E-state index is 5.40. The number of nitrogens with zero attached hydrogens (tertiary/aromatic N) is 2. The van der Waals surface area contributed by atoms with Gasteiger partial charge in [0.05, 0.1) is 18.9 Å². The van der Waals surface area contributed by atoms with E-state index >= 15 is 0 Å². The van der Waals surface area contributed by atoms with Gasteiger partial charge in [0.15, 0.2) is 0 Å². The molecule has 1 aliphatic rings. The molecule has 3 heteroatoms. The van der Waals surface area contributed by atoms with Crippen LogP contribution in [0.4, 0.5) is 0 Å². The van der Waals surface area contributed by atoms with Crippen LogP contribution in [0, 0.1) is 0 Å². The van der Waals surface area contributed by atoms with Crippen molar-refractivity contribution in [1.82, 2.24) is 9.88 Å². The van der Waals surface area contributed by atoms with Crippen LogP contribution in [0.2, 0.25) is 0 Å². The highest BCUT2D eigenvalue weighted by molar-refractivity contribution is 5.26. The van der Waals surface area contributed by atoms with E-state index in [0.29, 0.717) is 5.92 Å². The van der Waals surface area contributed by atoms with Crippen LogP contribution in [0.1, 0.15) is 43.6 Å². The fourth-order valence-corrected chi connectivity index (χ4v) is 2.38. The van der Waals surface area contributed by atoms with Gasteiger partial charge >= 0.3 is 0 Å². The summed E-state index contributed by atoms with van der Waals surface area (Å²) >= 11 is 0. The molecule has 0 radical (unpaired) electrons. The summed E-state index contributed by atoms with van der Waals surface area (Å²) in [5, 5.41) is 0. The highest BCUT2D eigenvalue weighted by Gasteiger charge is 2.15. The minimum Gasteiger partial charge on any atom is -0.379 e. The van der Waals surface area contributed by atoms with Crippen molar-refractivity contribution in [2.24, 2.45) is 0 Å². The molecule has 1 aliphatic heterocycles. The maximum atomic E-state index is 5.40. The molecule has 0 aliphatic carbocycles. The molecule has 0 spiro atoms. The van der Waals surface area contributed by atoms with Crippen LogP contribution in [-0.4, -0.2) is 36.2 Å². The zero-order valence-electron chi connectivity index (χ0n) is 11.8. The molecule has 0 saturated carbocycles. The Kier molecular flexibility index (Phi) is 4.72. The highest BCUT2D eigenvalue weighted by Crippen LogP contribution is 2.20. The Morgan fingerprint density at radius 1 is 1.28 bits per heavy atom. The zero-order chi connectivity index (χ0) is 13.0. The Hall–Kier alpha value is -0.930. The Morgan fingerprint density at radius 3 is 2.61 bits per heavy atom. The second kappa shape index (κ2) is 6.30. The van der Waals surface area contributed by atoms with E-state index in [4.69, 9.17) is 9.72 Å². The van der Waals surface area contributed by atoms with E-state index in [0.717, 1.165) is 39.3 Å². The molecule has 1 aromatic rings. The fourth-order valence-electron chi connectivity index (χ4n) is 2.38. The number of pyridine rings is 1. The maximum Gasteiger partial charge on any atom is 0.0594 e. The molecule has 0 amide bonds. The van der Waals surface area contributed by atoms with E-state index < -0.39 is 0 Å². The minimum atomic E-state index is 0.541. The summed E-state index contributed by atoms with van der Waals surface area (Å²) < 4.78 is 5.40. The lowest BCUT2D eigenvalue weighted by Gasteiger charge is -2.27. The first-order valence-corrected chi connectivity index (χ1v) is 6.99. The fraction of sp³-hybridized carbons (Fsp3) is 0.667. The first-order valence-electron chi connectivity index (χ1n) is 6.99. The Bertz CT molecular complexity index is 384. The number of aromatic nitrogens is 1. The third kappa shape index (κ3) is 3.30. The second-order valence-electron chi connectivity index (χ2n) is 5.24. The van der Waals surface area contributed by atoms with Gasteiger partial charge in [-0.2, -0.15) is 0 Å². The van der Waals surface area contributed by atoms with Crippen molar-refractivity contribution >= 4 is 0 Å². The number of morpholine rings is 1. The lowest BCUT2D eigenvalue weighted by atomic mass is 10.00. The summed E-state index contributed by atoms with van der Waals surface area (Å²) in [6.07, 6.45) is 1.01. The van der Waals surface area contributed by atoms with Gasteiger partial charge in [0.1, 0.15) is 0 Å². The number of aryl methyl sites for hydroxylation is 1. The quantitative estimate of drug-likeness (QED) is 0.819. The van der Waals surface area contributed by atoms with Gasteiger partial charge in [-0.25, -0.2) is 0 Å². The van der Waals surface area contributed by atoms with Crippen molar-refractivity contribution in [3.63, 3.8) is 0 Å². The summed E-state index contributed by atoms with van der Waals surface area (Å²) in [5.41, 5.74) is 3.84. The molecule has 100 valence electrons. The summed E-state index contributed by atoms with van der Waals surface area (Å²) in [6.45, 7) is 11.4. The van der Waals surface area contributed by atoms with E-state index in [1.54, 1.807) is 0 Å². The van der Waals surface area contributed by atoms with Crippen molar-refractivity contribution in [2.75, 3.05) is 26.3 Å². The molecule has 0 bridgehead atoms. The standard InChI is InChI=1S/C15H24N2O/c1-4-13-5-6-14(12(2)3)15(16-13)11-17-7-9-18-10-8-17/h5-6,12H,4,7-11H2,1-3H3. The molecule has 1 aromatic heterocycles. The molecular formula is C15H24N2O. The predicted molar refractivity (Wildman–Crippen MR) is 73.8 cm³/mol. The van der Waals surface area contributed by atoms with Crippen LogP contribution in [0.3, 0.4) is 0 Å². The van der Waals surface area contributed by atoms with Crippen molar-refractivity contribution in [3.05, 3.63) is 29.1 Å². The van der Waals surface area contributed by atoms with E-state index in [-0.39, 0.29) is 0 Å². The van der Waals surface area contributed by atoms with E-state index in [9.17, 15) is 0 Å². The number of hydrogen-bond donors (Lipinski definition) is 0. The lowest BCUT2D eigenvalue weighted by molar-refractivity contribution is 0.0335. The van der Waals surface area contributed by atoms with Crippen LogP contribution in [0.25, 0.3) is 0 Å². The van der Waals surface area contributed by atoms with Gasteiger partial charge in [-0.05, 0) is 24.0 Å². The van der Waals surface area contributed by atoms with Crippen LogP contribution in [0.15, 0.2) is 12.1 Å². The Balaban J connectivity index is 2.17. The molecule has 0 N–H and O–H groups in total. The van der Waals surface area contributed by atoms with E-state index in [1.807, 2.05) is 0 Å². The molecule has 1 saturated heterocycles. The Labute approximate surface area is 110 Å². The van der Waals surface area contributed by atoms with Crippen LogP contribution in [0.5, 0.6) is 0 Å². The van der Waals surface area contributed by atoms with Crippen LogP contribution < -0.4 is 0 Å². The molecule has 2 rings (SSSR count). The molecule has 0 unspecified atom stereocenters. The minimum absolute atomic E-state index is 0.541. The van der Waals surface area contributed by atoms with Crippen LogP contribution in [-0.2, 0) is 17.7 Å². The lowest BCUT2D eigenvalue weighted by Crippen LogP contribution is -2.36. The summed E-state index contributed by atoms with van der Waals surface area (Å²) in [6, 6.07) is 4.42. The van der Waals surface area contributed by atoms with Crippen molar-refractivity contribution < 1.29 is 4.74 Å². The van der Waals surface area contributed by atoms with Gasteiger partial charge in [-0.15, -0.1) is 0 Å². The number of ether oxygens (including phenoxy) is 1. The molecular weight excluding hydrogens is 224 g/mol. The predicted octanol–water partition coefficient (Wildman–Crippen LogP) is 2.60. The molecule has 18 heavy (non-hydrogen) atoms. The molecule has 2 heterocycles. The largest absolute Gasteiger partial charge is 0.379 e. The van der Waals surface area contributed by atoms with Crippen molar-refractivity contribution in [2.45, 2.75) is 39.7 Å². The van der Waals surface area contributed by atoms with Crippen molar-refractivity contribution in [1.29, 1.82) is 0 Å². The van der Waals surface area contributed by atoms with Crippen molar-refractivity contribution in [3.8, 4) is 0 Å². The average Bonchev–Trinajstić information content (AvgIpc) is 2.39. The number of hydrogen-bond acceptors (Lipinski definition) is 3. The van der Waals surface area contributed by atoms with Crippen LogP contribution >= 0.6 is 0 Å². The second-order valence-corrected chi connectivity index (χ2v) is 5.24. The highest BCUT2D eigenvalue weighted by atomic mass is 16.5. The van der Waals surface area contributed by atoms with E-state index in [1.165, 1.54) is 17.0 Å². The third-order valence-electron chi connectivity index (χ3n) is 3.53. The number of rotatable bonds is 4.